The first-order valence-corrected chi connectivity index (χ1v) is 10.6. The largest absolute Gasteiger partial charge is 0.470 e. The summed E-state index contributed by atoms with van der Waals surface area (Å²) in [6.07, 6.45) is 1.47. The molecule has 34 heavy (non-hydrogen) atoms. The van der Waals surface area contributed by atoms with Crippen LogP contribution in [0.2, 0.25) is 5.02 Å². The molecular weight excluding hydrogens is 492 g/mol. The fourth-order valence-corrected chi connectivity index (χ4v) is 4.15. The van der Waals surface area contributed by atoms with Crippen LogP contribution in [0.15, 0.2) is 30.5 Å². The molecule has 0 atom stereocenters. The lowest BCUT2D eigenvalue weighted by molar-refractivity contribution is -0.384. The van der Waals surface area contributed by atoms with Crippen molar-refractivity contribution in [3.05, 3.63) is 67.3 Å². The van der Waals surface area contributed by atoms with E-state index < -0.39 is 22.8 Å². The number of hydrogen-bond donors (Lipinski definition) is 1. The van der Waals surface area contributed by atoms with Gasteiger partial charge in [0.15, 0.2) is 12.4 Å². The molecule has 178 valence electrons. The van der Waals surface area contributed by atoms with E-state index in [0.29, 0.717) is 5.56 Å². The molecule has 0 radical (unpaired) electrons. The van der Waals surface area contributed by atoms with Gasteiger partial charge in [-0.1, -0.05) is 11.6 Å². The summed E-state index contributed by atoms with van der Waals surface area (Å²) >= 11 is 6.87. The number of benzene rings is 1. The van der Waals surface area contributed by atoms with E-state index in [1.165, 1.54) is 43.3 Å². The van der Waals surface area contributed by atoms with Crippen LogP contribution in [0, 0.1) is 17.0 Å². The average Bonchev–Trinajstić information content (AvgIpc) is 3.41. The number of nitrogens with zero attached hydrogens (tertiary/aromatic N) is 3. The van der Waals surface area contributed by atoms with E-state index in [0.717, 1.165) is 17.4 Å². The summed E-state index contributed by atoms with van der Waals surface area (Å²) in [5.74, 6) is -1.83. The molecule has 0 saturated carbocycles. The summed E-state index contributed by atoms with van der Waals surface area (Å²) in [7, 11) is 2.39. The van der Waals surface area contributed by atoms with Crippen LogP contribution in [-0.4, -0.2) is 46.8 Å². The number of amides is 1. The van der Waals surface area contributed by atoms with Crippen LogP contribution in [0.1, 0.15) is 36.1 Å². The van der Waals surface area contributed by atoms with E-state index in [9.17, 15) is 24.5 Å². The number of rotatable bonds is 8. The lowest BCUT2D eigenvalue weighted by Crippen LogP contribution is -2.16. The number of hydrogen-bond acceptors (Lipinski definition) is 10. The molecule has 0 aliphatic carbocycles. The second-order valence-electron chi connectivity index (χ2n) is 6.58. The molecule has 0 fully saturated rings. The van der Waals surface area contributed by atoms with Crippen molar-refractivity contribution < 1.29 is 33.5 Å². The molecule has 0 aliphatic heterocycles. The van der Waals surface area contributed by atoms with Crippen LogP contribution in [0.3, 0.4) is 0 Å². The molecule has 0 unspecified atom stereocenters. The highest BCUT2D eigenvalue weighted by Gasteiger charge is 2.27. The van der Waals surface area contributed by atoms with E-state index in [-0.39, 0.29) is 44.3 Å². The summed E-state index contributed by atoms with van der Waals surface area (Å²) in [6.45, 7) is 1.41. The van der Waals surface area contributed by atoms with Gasteiger partial charge < -0.3 is 19.5 Å². The fourth-order valence-electron chi connectivity index (χ4n) is 2.81. The Labute approximate surface area is 201 Å². The van der Waals surface area contributed by atoms with E-state index in [1.807, 2.05) is 0 Å². The van der Waals surface area contributed by atoms with Gasteiger partial charge >= 0.3 is 11.9 Å². The summed E-state index contributed by atoms with van der Waals surface area (Å²) in [4.78, 5) is 47.3. The highest BCUT2D eigenvalue weighted by Crippen LogP contribution is 2.34. The van der Waals surface area contributed by atoms with Crippen molar-refractivity contribution in [2.45, 2.75) is 13.7 Å². The van der Waals surface area contributed by atoms with Crippen molar-refractivity contribution in [1.82, 2.24) is 9.78 Å². The summed E-state index contributed by atoms with van der Waals surface area (Å²) in [5, 5.41) is 17.6. The van der Waals surface area contributed by atoms with Crippen LogP contribution in [0.4, 0.5) is 10.7 Å². The molecule has 1 N–H and O–H groups in total. The van der Waals surface area contributed by atoms with Gasteiger partial charge in [-0.2, -0.15) is 5.10 Å². The molecule has 1 aromatic carbocycles. The minimum Gasteiger partial charge on any atom is -0.470 e. The number of non-ortho nitro benzene ring substituents is 1. The summed E-state index contributed by atoms with van der Waals surface area (Å²) in [5.41, 5.74) is 0.176. The summed E-state index contributed by atoms with van der Waals surface area (Å²) < 4.78 is 16.3. The van der Waals surface area contributed by atoms with Crippen molar-refractivity contribution in [3.8, 4) is 5.75 Å². The number of esters is 2. The van der Waals surface area contributed by atoms with Gasteiger partial charge in [0.1, 0.15) is 15.6 Å². The number of nitro groups is 1. The van der Waals surface area contributed by atoms with Gasteiger partial charge in [-0.25, -0.2) is 14.3 Å². The second kappa shape index (κ2) is 10.3. The third kappa shape index (κ3) is 5.15. The van der Waals surface area contributed by atoms with E-state index in [4.69, 9.17) is 25.8 Å². The molecule has 3 rings (SSSR count). The predicted octanol–water partition coefficient (Wildman–Crippen LogP) is 3.68. The smallest absolute Gasteiger partial charge is 0.348 e. The van der Waals surface area contributed by atoms with Crippen molar-refractivity contribution >= 4 is 51.5 Å². The number of nitro benzene ring substituents is 1. The third-order valence-corrected chi connectivity index (χ3v) is 5.97. The first-order chi connectivity index (χ1) is 16.2. The first-order valence-electron chi connectivity index (χ1n) is 9.37. The molecule has 1 amide bonds. The second-order valence-corrected chi connectivity index (χ2v) is 8.01. The van der Waals surface area contributed by atoms with Gasteiger partial charge in [-0.05, 0) is 24.6 Å². The lowest BCUT2D eigenvalue weighted by atomic mass is 10.1. The van der Waals surface area contributed by atoms with Crippen molar-refractivity contribution in [3.63, 3.8) is 0 Å². The van der Waals surface area contributed by atoms with Gasteiger partial charge in [0.05, 0.1) is 29.7 Å². The highest BCUT2D eigenvalue weighted by atomic mass is 35.5. The molecular formula is C20H17ClN4O8S. The molecule has 12 nitrogen and oxygen atoms in total. The van der Waals surface area contributed by atoms with Gasteiger partial charge in [-0.3, -0.25) is 14.9 Å². The average molecular weight is 509 g/mol. The minimum atomic E-state index is -0.724. The molecule has 14 heteroatoms. The SMILES string of the molecule is COC(=O)c1sc(NC(=O)c2ccn(COc3ccc([N+](=O)[O-])cc3Cl)n2)c(C(=O)OC)c1C. The zero-order valence-electron chi connectivity index (χ0n) is 18.0. The van der Waals surface area contributed by atoms with Gasteiger partial charge in [0.25, 0.3) is 11.6 Å². The van der Waals surface area contributed by atoms with Crippen LogP contribution in [0.25, 0.3) is 0 Å². The maximum atomic E-state index is 12.7. The third-order valence-electron chi connectivity index (χ3n) is 4.49. The topological polar surface area (TPSA) is 152 Å². The molecule has 0 spiro atoms. The van der Waals surface area contributed by atoms with Gasteiger partial charge in [0.2, 0.25) is 0 Å². The van der Waals surface area contributed by atoms with Crippen molar-refractivity contribution in [2.75, 3.05) is 19.5 Å². The maximum Gasteiger partial charge on any atom is 0.348 e. The number of ether oxygens (including phenoxy) is 3. The molecule has 3 aromatic rings. The van der Waals surface area contributed by atoms with Gasteiger partial charge in [0, 0.05) is 18.3 Å². The van der Waals surface area contributed by atoms with Crippen LogP contribution in [-0.2, 0) is 16.2 Å². The first kappa shape index (κ1) is 24.7. The number of anilines is 1. The normalized spacial score (nSPS) is 10.5. The van der Waals surface area contributed by atoms with Gasteiger partial charge in [-0.15, -0.1) is 11.3 Å². The lowest BCUT2D eigenvalue weighted by Gasteiger charge is -2.08. The number of carbonyl (C=O) groups excluding carboxylic acids is 3. The van der Waals surface area contributed by atoms with Crippen LogP contribution >= 0.6 is 22.9 Å². The number of halogens is 1. The Bertz CT molecular complexity index is 1290. The minimum absolute atomic E-state index is 0.000108. The molecule has 0 aliphatic rings. The maximum absolute atomic E-state index is 12.7. The number of aromatic nitrogens is 2. The molecule has 2 aromatic heterocycles. The van der Waals surface area contributed by atoms with Crippen LogP contribution in [0.5, 0.6) is 5.75 Å². The Hall–Kier alpha value is -3.97. The monoisotopic (exact) mass is 508 g/mol. The molecule has 0 bridgehead atoms. The Morgan fingerprint density at radius 1 is 1.21 bits per heavy atom. The molecule has 0 saturated heterocycles. The van der Waals surface area contributed by atoms with Crippen molar-refractivity contribution in [2.24, 2.45) is 0 Å². The van der Waals surface area contributed by atoms with E-state index in [2.05, 4.69) is 10.4 Å². The number of thiophene rings is 1. The van der Waals surface area contributed by atoms with Crippen LogP contribution < -0.4 is 10.1 Å². The number of nitrogens with one attached hydrogen (secondary N) is 1. The van der Waals surface area contributed by atoms with E-state index >= 15 is 0 Å². The number of carbonyl (C=O) groups is 3. The zero-order chi connectivity index (χ0) is 25.0. The zero-order valence-corrected chi connectivity index (χ0v) is 19.6. The van der Waals surface area contributed by atoms with E-state index in [1.54, 1.807) is 6.92 Å². The Balaban J connectivity index is 1.74. The predicted molar refractivity (Wildman–Crippen MR) is 121 cm³/mol. The Morgan fingerprint density at radius 3 is 2.53 bits per heavy atom. The molecule has 2 heterocycles. The standard InChI is InChI=1S/C20H17ClN4O8S/c1-10-15(19(27)31-2)18(34-16(10)20(28)32-3)22-17(26)13-6-7-24(23-13)9-33-14-5-4-11(25(29)30)8-12(14)21/h4-8H,9H2,1-3H3,(H,22,26). The fraction of sp³-hybridized carbons (Fsp3) is 0.200. The number of methoxy groups -OCH3 is 2. The Kier molecular flexibility index (Phi) is 7.48. The van der Waals surface area contributed by atoms with Crippen molar-refractivity contribution in [1.29, 1.82) is 0 Å². The summed E-state index contributed by atoms with van der Waals surface area (Å²) in [6, 6.07) is 5.16. The highest BCUT2D eigenvalue weighted by molar-refractivity contribution is 7.18. The quantitative estimate of drug-likeness (QED) is 0.273. The Morgan fingerprint density at radius 2 is 1.91 bits per heavy atom.